The predicted molar refractivity (Wildman–Crippen MR) is 242 cm³/mol. The van der Waals surface area contributed by atoms with Crippen molar-refractivity contribution in [1.29, 1.82) is 0 Å². The van der Waals surface area contributed by atoms with Crippen LogP contribution in [-0.2, 0) is 6.54 Å². The van der Waals surface area contributed by atoms with Crippen LogP contribution in [0.2, 0.25) is 0 Å². The zero-order chi connectivity index (χ0) is 39.5. The molecule has 0 bridgehead atoms. The van der Waals surface area contributed by atoms with Crippen LogP contribution in [0.15, 0.2) is 30.3 Å². The van der Waals surface area contributed by atoms with Gasteiger partial charge in [0.25, 0.3) is 0 Å². The van der Waals surface area contributed by atoms with Crippen LogP contribution in [-0.4, -0.2) is 187 Å². The molecule has 4 aliphatic rings. The SMILES string of the molecule is C.CC(C)(C)N1CCN(Cc2ccccc2)CC1.CN(C)[C@@H]1CCN(C(C)(C)C)C1.CN(C)[C@H]1CCN(C(C)(C)C)C1.CN1CCN(C(C)(C)C)CC1.[CH3-].[Rb+]. The molecule has 0 amide bonds. The molecular formula is C46H95N8Rb. The van der Waals surface area contributed by atoms with Crippen LogP contribution in [0.3, 0.4) is 0 Å². The molecule has 2 atom stereocenters. The monoisotopic (exact) mass is 845 g/mol. The van der Waals surface area contributed by atoms with Crippen LogP contribution in [0.4, 0.5) is 0 Å². The number of likely N-dealkylation sites (tertiary alicyclic amines) is 2. The first-order valence-corrected chi connectivity index (χ1v) is 20.7. The van der Waals surface area contributed by atoms with Gasteiger partial charge in [0.1, 0.15) is 0 Å². The normalized spacial score (nSPS) is 22.6. The molecule has 0 spiro atoms. The minimum atomic E-state index is 0. The van der Waals surface area contributed by atoms with E-state index in [0.717, 1.165) is 18.6 Å². The zero-order valence-electron chi connectivity index (χ0n) is 39.7. The van der Waals surface area contributed by atoms with Gasteiger partial charge in [0, 0.05) is 119 Å². The molecule has 0 saturated carbocycles. The number of piperazine rings is 2. The number of hydrogen-bond donors (Lipinski definition) is 0. The van der Waals surface area contributed by atoms with Gasteiger partial charge in [-0.3, -0.25) is 24.5 Å². The number of nitrogens with zero attached hydrogens (tertiary/aromatic N) is 8. The maximum absolute atomic E-state index is 2.58. The quantitative estimate of drug-likeness (QED) is 0.408. The van der Waals surface area contributed by atoms with Crippen LogP contribution in [0.1, 0.15) is 109 Å². The summed E-state index contributed by atoms with van der Waals surface area (Å²) in [5.74, 6) is 0. The maximum Gasteiger partial charge on any atom is 1.00 e. The standard InChI is InChI=1S/C15H24N2.2C10H22N2.C9H20N2.CH4.CH3.Rb/c1-15(2,3)17-11-9-16(10-12-17)13-14-7-5-4-6-8-14;2*1-10(2,3)12-7-6-9(8-12)11(4)5;1-9(2,3)11-7-5-10(4)6-8-11;;;/h4-8H,9-13H2,1-3H3;2*9H,6-8H2,1-5H3;5-8H2,1-4H3;1H4;1H3;/q;;;;;-1;+1/t;2*9-;;;;/m.10..../s1. The second-order valence-electron chi connectivity index (χ2n) is 20.4. The minimum absolute atomic E-state index is 0. The van der Waals surface area contributed by atoms with E-state index in [1.807, 2.05) is 0 Å². The zero-order valence-corrected chi connectivity index (χ0v) is 44.6. The first-order valence-electron chi connectivity index (χ1n) is 20.7. The van der Waals surface area contributed by atoms with Gasteiger partial charge in [-0.15, -0.1) is 0 Å². The fraction of sp³-hybridized carbons (Fsp3) is 0.848. The fourth-order valence-corrected chi connectivity index (χ4v) is 7.44. The van der Waals surface area contributed by atoms with E-state index < -0.39 is 0 Å². The first kappa shape index (κ1) is 57.8. The Kier molecular flexibility index (Phi) is 27.5. The number of rotatable bonds is 4. The Hall–Kier alpha value is 0.705. The second kappa shape index (κ2) is 26.1. The van der Waals surface area contributed by atoms with Crippen LogP contribution < -0.4 is 58.2 Å². The smallest absolute Gasteiger partial charge is 0.358 e. The van der Waals surface area contributed by atoms with Crippen molar-refractivity contribution in [3.8, 4) is 0 Å². The Morgan fingerprint density at radius 2 is 0.836 bits per heavy atom. The molecule has 1 aromatic carbocycles. The molecule has 4 fully saturated rings. The minimum Gasteiger partial charge on any atom is -0.358 e. The summed E-state index contributed by atoms with van der Waals surface area (Å²) in [4.78, 5) is 19.9. The van der Waals surface area contributed by atoms with E-state index in [4.69, 9.17) is 0 Å². The third kappa shape index (κ3) is 22.2. The van der Waals surface area contributed by atoms with Gasteiger partial charge < -0.3 is 22.1 Å². The van der Waals surface area contributed by atoms with Crippen molar-refractivity contribution < 1.29 is 58.2 Å². The van der Waals surface area contributed by atoms with Gasteiger partial charge in [0.2, 0.25) is 0 Å². The summed E-state index contributed by atoms with van der Waals surface area (Å²) in [6.45, 7) is 43.3. The van der Waals surface area contributed by atoms with E-state index in [2.05, 4.69) is 188 Å². The van der Waals surface area contributed by atoms with Gasteiger partial charge in [0.05, 0.1) is 0 Å². The van der Waals surface area contributed by atoms with E-state index >= 15 is 0 Å². The van der Waals surface area contributed by atoms with Crippen molar-refractivity contribution in [3.63, 3.8) is 0 Å². The summed E-state index contributed by atoms with van der Waals surface area (Å²) < 4.78 is 0. The van der Waals surface area contributed by atoms with Crippen molar-refractivity contribution >= 4 is 0 Å². The van der Waals surface area contributed by atoms with Gasteiger partial charge in [-0.1, -0.05) is 37.8 Å². The topological polar surface area (TPSA) is 25.9 Å². The van der Waals surface area contributed by atoms with E-state index in [9.17, 15) is 0 Å². The number of hydrogen-bond acceptors (Lipinski definition) is 8. The molecule has 0 radical (unpaired) electrons. The van der Waals surface area contributed by atoms with Crippen LogP contribution in [0.5, 0.6) is 0 Å². The van der Waals surface area contributed by atoms with Gasteiger partial charge in [0.15, 0.2) is 0 Å². The number of likely N-dealkylation sites (N-methyl/N-ethyl adjacent to an activating group) is 3. The van der Waals surface area contributed by atoms with Gasteiger partial charge in [-0.2, -0.15) is 0 Å². The summed E-state index contributed by atoms with van der Waals surface area (Å²) in [5, 5.41) is 0. The Labute approximate surface area is 394 Å². The van der Waals surface area contributed by atoms with Crippen molar-refractivity contribution in [3.05, 3.63) is 43.3 Å². The number of benzene rings is 1. The molecule has 4 saturated heterocycles. The molecule has 0 N–H and O–H groups in total. The van der Waals surface area contributed by atoms with E-state index in [1.54, 1.807) is 0 Å². The van der Waals surface area contributed by atoms with Crippen LogP contribution in [0.25, 0.3) is 0 Å². The summed E-state index contributed by atoms with van der Waals surface area (Å²) in [6.07, 6.45) is 2.65. The summed E-state index contributed by atoms with van der Waals surface area (Å²) in [7, 11) is 10.9. The van der Waals surface area contributed by atoms with Gasteiger partial charge in [-0.05, 0) is 137 Å². The largest absolute Gasteiger partial charge is 1.00 e. The molecule has 4 heterocycles. The Balaban J connectivity index is 0. The molecule has 8 nitrogen and oxygen atoms in total. The Morgan fingerprint density at radius 1 is 0.509 bits per heavy atom. The van der Waals surface area contributed by atoms with E-state index in [0.29, 0.717) is 22.2 Å². The molecule has 0 aliphatic carbocycles. The molecule has 1 aromatic rings. The molecule has 320 valence electrons. The molecule has 9 heteroatoms. The Bertz CT molecular complexity index is 1050. The van der Waals surface area contributed by atoms with Crippen molar-refractivity contribution in [2.75, 3.05) is 114 Å². The first-order chi connectivity index (χ1) is 23.9. The molecule has 55 heavy (non-hydrogen) atoms. The molecule has 5 rings (SSSR count). The predicted octanol–water partition coefficient (Wildman–Crippen LogP) is 4.57. The summed E-state index contributed by atoms with van der Waals surface area (Å²) in [6, 6.07) is 12.3. The summed E-state index contributed by atoms with van der Waals surface area (Å²) in [5.41, 5.74) is 2.81. The third-order valence-electron chi connectivity index (χ3n) is 11.7. The van der Waals surface area contributed by atoms with E-state index in [-0.39, 0.29) is 73.0 Å². The second-order valence-corrected chi connectivity index (χ2v) is 20.4. The van der Waals surface area contributed by atoms with Crippen LogP contribution >= 0.6 is 0 Å². The van der Waals surface area contributed by atoms with Crippen molar-refractivity contribution in [2.24, 2.45) is 0 Å². The summed E-state index contributed by atoms with van der Waals surface area (Å²) >= 11 is 0. The fourth-order valence-electron chi connectivity index (χ4n) is 7.44. The van der Waals surface area contributed by atoms with Crippen molar-refractivity contribution in [2.45, 2.75) is 144 Å². The molecule has 0 aromatic heterocycles. The maximum atomic E-state index is 2.58. The molecule has 0 unspecified atom stereocenters. The molecular weight excluding hydrogens is 750 g/mol. The Morgan fingerprint density at radius 3 is 1.11 bits per heavy atom. The third-order valence-corrected chi connectivity index (χ3v) is 11.7. The van der Waals surface area contributed by atoms with Gasteiger partial charge >= 0.3 is 58.2 Å². The van der Waals surface area contributed by atoms with Crippen molar-refractivity contribution in [1.82, 2.24) is 39.2 Å². The van der Waals surface area contributed by atoms with Gasteiger partial charge in [-0.25, -0.2) is 0 Å². The van der Waals surface area contributed by atoms with E-state index in [1.165, 1.54) is 96.9 Å². The average molecular weight is 846 g/mol. The van der Waals surface area contributed by atoms with Crippen LogP contribution in [0, 0.1) is 7.43 Å². The molecule has 4 aliphatic heterocycles. The average Bonchev–Trinajstić information content (AvgIpc) is 3.74.